The Balaban J connectivity index is 1.72. The number of likely N-dealkylation sites (N-methyl/N-ethyl adjacent to an activating group) is 1. The van der Waals surface area contributed by atoms with Gasteiger partial charge in [-0.2, -0.15) is 9.78 Å². The Labute approximate surface area is 162 Å². The van der Waals surface area contributed by atoms with Crippen LogP contribution in [0.5, 0.6) is 0 Å². The van der Waals surface area contributed by atoms with Gasteiger partial charge in [0.1, 0.15) is 5.69 Å². The molecule has 0 aliphatic rings. The van der Waals surface area contributed by atoms with Crippen molar-refractivity contribution in [2.24, 2.45) is 0 Å². The topological polar surface area (TPSA) is 84.3 Å². The van der Waals surface area contributed by atoms with Crippen molar-refractivity contribution in [3.05, 3.63) is 88.3 Å². The number of para-hydroxylation sites is 1. The van der Waals surface area contributed by atoms with E-state index in [4.69, 9.17) is 0 Å². The fraction of sp³-hybridized carbons (Fsp3) is 0.143. The summed E-state index contributed by atoms with van der Waals surface area (Å²) in [7, 11) is 1.51. The first-order valence-corrected chi connectivity index (χ1v) is 8.72. The molecule has 2 amide bonds. The molecule has 0 radical (unpaired) electrons. The molecule has 3 aromatic rings. The van der Waals surface area contributed by atoms with Crippen molar-refractivity contribution in [3.63, 3.8) is 0 Å². The number of carbonyl (C=O) groups excluding carboxylic acids is 2. The third-order valence-corrected chi connectivity index (χ3v) is 4.08. The lowest BCUT2D eigenvalue weighted by Gasteiger charge is -2.17. The molecule has 0 aliphatic carbocycles. The van der Waals surface area contributed by atoms with E-state index in [0.29, 0.717) is 11.4 Å². The number of hydrogen-bond donors (Lipinski definition) is 1. The minimum absolute atomic E-state index is 0.0779. The number of nitrogens with zero attached hydrogens (tertiary/aromatic N) is 3. The van der Waals surface area contributed by atoms with Crippen LogP contribution in [0.4, 0.5) is 5.69 Å². The normalized spacial score (nSPS) is 10.4. The van der Waals surface area contributed by atoms with Crippen LogP contribution < -0.4 is 10.9 Å². The summed E-state index contributed by atoms with van der Waals surface area (Å²) in [5, 5.41) is 6.89. The molecule has 0 saturated carbocycles. The Bertz CT molecular complexity index is 1040. The lowest BCUT2D eigenvalue weighted by atomic mass is 10.2. The van der Waals surface area contributed by atoms with Gasteiger partial charge in [0.25, 0.3) is 11.5 Å². The Morgan fingerprint density at radius 1 is 1.00 bits per heavy atom. The lowest BCUT2D eigenvalue weighted by molar-refractivity contribution is -0.116. The SMILES string of the molecule is Cc1ccc(NC(=O)CN(C)C(=O)c2ccc(=O)n(-c3ccccc3)n2)cc1. The van der Waals surface area contributed by atoms with Gasteiger partial charge in [-0.15, -0.1) is 0 Å². The van der Waals surface area contributed by atoms with Gasteiger partial charge in [-0.1, -0.05) is 35.9 Å². The van der Waals surface area contributed by atoms with E-state index in [1.165, 1.54) is 24.1 Å². The van der Waals surface area contributed by atoms with Crippen molar-refractivity contribution in [2.75, 3.05) is 18.9 Å². The van der Waals surface area contributed by atoms with Crippen molar-refractivity contribution < 1.29 is 9.59 Å². The molecule has 0 bridgehead atoms. The molecule has 0 spiro atoms. The molecular formula is C21H20N4O3. The Morgan fingerprint density at radius 3 is 2.36 bits per heavy atom. The predicted octanol–water partition coefficient (Wildman–Crippen LogP) is 2.25. The lowest BCUT2D eigenvalue weighted by Crippen LogP contribution is -2.36. The number of anilines is 1. The minimum Gasteiger partial charge on any atom is -0.331 e. The van der Waals surface area contributed by atoms with Gasteiger partial charge < -0.3 is 10.2 Å². The van der Waals surface area contributed by atoms with Crippen LogP contribution in [0.2, 0.25) is 0 Å². The summed E-state index contributed by atoms with van der Waals surface area (Å²) >= 11 is 0. The van der Waals surface area contributed by atoms with E-state index in [2.05, 4.69) is 10.4 Å². The number of amides is 2. The predicted molar refractivity (Wildman–Crippen MR) is 107 cm³/mol. The molecule has 7 heteroatoms. The fourth-order valence-corrected chi connectivity index (χ4v) is 2.60. The maximum atomic E-state index is 12.6. The number of aromatic nitrogens is 2. The maximum absolute atomic E-state index is 12.6. The van der Waals surface area contributed by atoms with E-state index in [1.54, 1.807) is 36.4 Å². The smallest absolute Gasteiger partial charge is 0.274 e. The van der Waals surface area contributed by atoms with Gasteiger partial charge >= 0.3 is 0 Å². The molecule has 1 N–H and O–H groups in total. The van der Waals surface area contributed by atoms with Crippen molar-refractivity contribution >= 4 is 17.5 Å². The van der Waals surface area contributed by atoms with Crippen LogP contribution in [-0.4, -0.2) is 40.1 Å². The fourth-order valence-electron chi connectivity index (χ4n) is 2.60. The van der Waals surface area contributed by atoms with Crippen LogP contribution in [0.25, 0.3) is 5.69 Å². The van der Waals surface area contributed by atoms with Crippen LogP contribution in [0.15, 0.2) is 71.5 Å². The molecule has 142 valence electrons. The summed E-state index contributed by atoms with van der Waals surface area (Å²) < 4.78 is 1.16. The van der Waals surface area contributed by atoms with Crippen LogP contribution in [0, 0.1) is 6.92 Å². The third kappa shape index (κ3) is 4.50. The summed E-state index contributed by atoms with van der Waals surface area (Å²) in [6.07, 6.45) is 0. The highest BCUT2D eigenvalue weighted by Crippen LogP contribution is 2.09. The average molecular weight is 376 g/mol. The van der Waals surface area contributed by atoms with Crippen LogP contribution in [0.1, 0.15) is 16.1 Å². The molecular weight excluding hydrogens is 356 g/mol. The zero-order chi connectivity index (χ0) is 20.1. The second-order valence-corrected chi connectivity index (χ2v) is 6.38. The first-order valence-electron chi connectivity index (χ1n) is 8.72. The van der Waals surface area contributed by atoms with E-state index in [9.17, 15) is 14.4 Å². The molecule has 3 rings (SSSR count). The summed E-state index contributed by atoms with van der Waals surface area (Å²) in [6, 6.07) is 18.8. The van der Waals surface area contributed by atoms with Gasteiger partial charge in [-0.25, -0.2) is 0 Å². The second-order valence-electron chi connectivity index (χ2n) is 6.38. The van der Waals surface area contributed by atoms with E-state index in [-0.39, 0.29) is 23.7 Å². The largest absolute Gasteiger partial charge is 0.331 e. The van der Waals surface area contributed by atoms with Crippen molar-refractivity contribution in [1.82, 2.24) is 14.7 Å². The maximum Gasteiger partial charge on any atom is 0.274 e. The van der Waals surface area contributed by atoms with E-state index >= 15 is 0 Å². The van der Waals surface area contributed by atoms with Crippen molar-refractivity contribution in [1.29, 1.82) is 0 Å². The summed E-state index contributed by atoms with van der Waals surface area (Å²) in [5.74, 6) is -0.778. The molecule has 0 unspecified atom stereocenters. The summed E-state index contributed by atoms with van der Waals surface area (Å²) in [5.41, 5.74) is 2.04. The molecule has 0 atom stereocenters. The third-order valence-electron chi connectivity index (χ3n) is 4.08. The van der Waals surface area contributed by atoms with Gasteiger partial charge in [0.05, 0.1) is 12.2 Å². The average Bonchev–Trinajstić information content (AvgIpc) is 2.70. The molecule has 2 aromatic carbocycles. The highest BCUT2D eigenvalue weighted by atomic mass is 16.2. The van der Waals surface area contributed by atoms with Gasteiger partial charge in [-0.3, -0.25) is 14.4 Å². The standard InChI is InChI=1S/C21H20N4O3/c1-15-8-10-16(11-9-15)22-19(26)14-24(2)21(28)18-12-13-20(27)25(23-18)17-6-4-3-5-7-17/h3-13H,14H2,1-2H3,(H,22,26). The number of rotatable bonds is 5. The highest BCUT2D eigenvalue weighted by Gasteiger charge is 2.18. The Hall–Kier alpha value is -3.74. The van der Waals surface area contributed by atoms with E-state index < -0.39 is 5.91 Å². The molecule has 0 aliphatic heterocycles. The monoisotopic (exact) mass is 376 g/mol. The first-order chi connectivity index (χ1) is 13.4. The van der Waals surface area contributed by atoms with E-state index in [0.717, 1.165) is 10.2 Å². The molecule has 1 aromatic heterocycles. The molecule has 0 fully saturated rings. The molecule has 28 heavy (non-hydrogen) atoms. The number of nitrogens with one attached hydrogen (secondary N) is 1. The summed E-state index contributed by atoms with van der Waals surface area (Å²) in [4.78, 5) is 38.2. The number of carbonyl (C=O) groups is 2. The Morgan fingerprint density at radius 2 is 1.68 bits per heavy atom. The number of hydrogen-bond acceptors (Lipinski definition) is 4. The first kappa shape index (κ1) is 19.0. The molecule has 0 saturated heterocycles. The van der Waals surface area contributed by atoms with Crippen molar-refractivity contribution in [3.8, 4) is 5.69 Å². The molecule has 7 nitrogen and oxygen atoms in total. The minimum atomic E-state index is -0.455. The van der Waals surface area contributed by atoms with Crippen LogP contribution >= 0.6 is 0 Å². The Kier molecular flexibility index (Phi) is 5.64. The van der Waals surface area contributed by atoms with Gasteiger partial charge in [0.2, 0.25) is 5.91 Å². The second kappa shape index (κ2) is 8.30. The number of benzene rings is 2. The van der Waals surface area contributed by atoms with Crippen LogP contribution in [0.3, 0.4) is 0 Å². The highest BCUT2D eigenvalue weighted by molar-refractivity contribution is 5.98. The zero-order valence-corrected chi connectivity index (χ0v) is 15.6. The van der Waals surface area contributed by atoms with Gasteiger partial charge in [0, 0.05) is 18.8 Å². The van der Waals surface area contributed by atoms with Gasteiger partial charge in [-0.05, 0) is 37.3 Å². The van der Waals surface area contributed by atoms with Crippen molar-refractivity contribution in [2.45, 2.75) is 6.92 Å². The van der Waals surface area contributed by atoms with E-state index in [1.807, 2.05) is 25.1 Å². The van der Waals surface area contributed by atoms with Gasteiger partial charge in [0.15, 0.2) is 0 Å². The summed E-state index contributed by atoms with van der Waals surface area (Å²) in [6.45, 7) is 1.82. The number of aryl methyl sites for hydroxylation is 1. The zero-order valence-electron chi connectivity index (χ0n) is 15.6. The molecule has 1 heterocycles. The van der Waals surface area contributed by atoms with Crippen LogP contribution in [-0.2, 0) is 4.79 Å². The quantitative estimate of drug-likeness (QED) is 0.740.